The summed E-state index contributed by atoms with van der Waals surface area (Å²) < 4.78 is 6.04. The van der Waals surface area contributed by atoms with Crippen molar-refractivity contribution in [2.75, 3.05) is 0 Å². The predicted molar refractivity (Wildman–Crippen MR) is 118 cm³/mol. The maximum Gasteiger partial charge on any atom is 1.00 e. The third kappa shape index (κ3) is 4.23. The molecule has 0 unspecified atom stereocenters. The quantitative estimate of drug-likeness (QED) is 0.450. The van der Waals surface area contributed by atoms with Gasteiger partial charge in [0.25, 0.3) is 0 Å². The summed E-state index contributed by atoms with van der Waals surface area (Å²) in [5, 5.41) is 15.6. The first kappa shape index (κ1) is 26.9. The number of amides is 1. The van der Waals surface area contributed by atoms with Gasteiger partial charge in [0.15, 0.2) is 0 Å². The van der Waals surface area contributed by atoms with Crippen LogP contribution < -0.4 is 40.0 Å². The summed E-state index contributed by atoms with van der Waals surface area (Å²) >= 11 is 12.2. The Morgan fingerprint density at radius 3 is 2.03 bits per heavy atom. The second-order valence-electron chi connectivity index (χ2n) is 9.21. The van der Waals surface area contributed by atoms with Crippen LogP contribution in [0.4, 0.5) is 0 Å². The summed E-state index contributed by atoms with van der Waals surface area (Å²) in [7, 11) is 0. The maximum absolute atomic E-state index is 13.5. The molecule has 7 nitrogen and oxygen atoms in total. The van der Waals surface area contributed by atoms with Gasteiger partial charge in [0.1, 0.15) is 0 Å². The maximum atomic E-state index is 13.5. The topological polar surface area (TPSA) is 113 Å². The molecule has 3 atom stereocenters. The molecule has 0 aromatic heterocycles. The van der Waals surface area contributed by atoms with E-state index in [9.17, 15) is 24.3 Å². The molecule has 1 fully saturated rings. The molecule has 1 amide bonds. The number of aliphatic carboxylic acids is 1. The number of carbonyl (C=O) groups excluding carboxylic acids is 4. The number of benzene rings is 2. The molecule has 1 aliphatic heterocycles. The Morgan fingerprint density at radius 1 is 1.00 bits per heavy atom. The number of halogens is 2. The summed E-state index contributed by atoms with van der Waals surface area (Å²) in [6, 6.07) is 10.4. The number of nitrogens with one attached hydrogen (secondary N) is 1. The van der Waals surface area contributed by atoms with Gasteiger partial charge >= 0.3 is 29.6 Å². The predicted octanol–water partition coefficient (Wildman–Crippen LogP) is -0.216. The van der Waals surface area contributed by atoms with Crippen molar-refractivity contribution in [3.63, 3.8) is 0 Å². The van der Waals surface area contributed by atoms with Gasteiger partial charge in [-0.2, -0.15) is 0 Å². The molecule has 1 spiro atoms. The number of rotatable bonds is 3. The number of fused-ring (bicyclic) bond motifs is 1. The van der Waals surface area contributed by atoms with Crippen LogP contribution in [0.2, 0.25) is 10.0 Å². The van der Waals surface area contributed by atoms with Crippen molar-refractivity contribution in [2.45, 2.75) is 38.0 Å². The van der Waals surface area contributed by atoms with Gasteiger partial charge in [-0.1, -0.05) is 53.5 Å². The molecule has 34 heavy (non-hydrogen) atoms. The van der Waals surface area contributed by atoms with E-state index in [2.05, 4.69) is 5.32 Å². The van der Waals surface area contributed by atoms with Crippen molar-refractivity contribution in [3.8, 4) is 0 Å². The number of ether oxygens (including phenoxy) is 1. The first-order valence-electron chi connectivity index (χ1n) is 10.2. The first-order chi connectivity index (χ1) is 15.4. The number of hydrogen-bond acceptors (Lipinski definition) is 6. The minimum absolute atomic E-state index is 0. The number of Topliss-reactive ketones (excluding diaryl/α,β-unsaturated/α-hetero) is 2. The first-order valence-corrected chi connectivity index (χ1v) is 11.0. The van der Waals surface area contributed by atoms with Crippen LogP contribution in [0.25, 0.3) is 0 Å². The summed E-state index contributed by atoms with van der Waals surface area (Å²) in [4.78, 5) is 52.8. The molecule has 0 saturated carbocycles. The van der Waals surface area contributed by atoms with E-state index in [1.165, 1.54) is 30.3 Å². The van der Waals surface area contributed by atoms with Crippen molar-refractivity contribution < 1.29 is 58.6 Å². The fraction of sp³-hybridized carbons (Fsp3) is 0.333. The van der Waals surface area contributed by atoms with Crippen LogP contribution in [0.15, 0.2) is 42.5 Å². The molecular formula is C24H20Cl2NNaO6. The molecule has 1 heterocycles. The number of carboxylic acid groups (broad SMARTS) is 1. The largest absolute Gasteiger partial charge is 1.00 e. The van der Waals surface area contributed by atoms with Gasteiger partial charge in [-0.25, -0.2) is 0 Å². The van der Waals surface area contributed by atoms with Gasteiger partial charge in [-0.05, 0) is 38.5 Å². The average Bonchev–Trinajstić information content (AvgIpc) is 3.20. The van der Waals surface area contributed by atoms with Crippen molar-refractivity contribution in [3.05, 3.63) is 69.2 Å². The Balaban J connectivity index is 0.00000324. The van der Waals surface area contributed by atoms with Crippen LogP contribution in [0.3, 0.4) is 0 Å². The minimum atomic E-state index is -2.43. The fourth-order valence-electron chi connectivity index (χ4n) is 4.57. The van der Waals surface area contributed by atoms with Crippen molar-refractivity contribution in [1.82, 2.24) is 5.32 Å². The molecule has 4 rings (SSSR count). The van der Waals surface area contributed by atoms with E-state index < -0.39 is 52.5 Å². The Kier molecular flexibility index (Phi) is 7.40. The molecule has 10 heteroatoms. The van der Waals surface area contributed by atoms with Gasteiger partial charge < -0.3 is 20.0 Å². The second kappa shape index (κ2) is 9.37. The molecule has 1 N–H and O–H groups in total. The third-order valence-corrected chi connectivity index (χ3v) is 6.59. The van der Waals surface area contributed by atoms with Gasteiger partial charge in [0, 0.05) is 22.6 Å². The molecule has 0 bridgehead atoms. The SMILES string of the molecule is CC(C)(C)NC(=O)[C@H]1[C@@H](C(=O)[O-])C2(O[C@H]1c1ccc(Cl)c(Cl)c1)C(=O)c1ccccc1C2=O.[Na+]. The van der Waals surface area contributed by atoms with Crippen LogP contribution in [0.5, 0.6) is 0 Å². The van der Waals surface area contributed by atoms with Crippen LogP contribution in [0.1, 0.15) is 53.2 Å². The monoisotopic (exact) mass is 511 g/mol. The minimum Gasteiger partial charge on any atom is -0.550 e. The average molecular weight is 512 g/mol. The zero-order valence-corrected chi connectivity index (χ0v) is 22.5. The van der Waals surface area contributed by atoms with Crippen LogP contribution in [-0.2, 0) is 14.3 Å². The Hall–Kier alpha value is -1.74. The van der Waals surface area contributed by atoms with Gasteiger partial charge in [-0.3, -0.25) is 14.4 Å². The molecule has 2 aromatic carbocycles. The molecule has 2 aromatic rings. The van der Waals surface area contributed by atoms with E-state index >= 15 is 0 Å². The van der Waals surface area contributed by atoms with Crippen molar-refractivity contribution in [1.29, 1.82) is 0 Å². The number of carbonyl (C=O) groups is 4. The van der Waals surface area contributed by atoms with E-state index in [0.717, 1.165) is 0 Å². The van der Waals surface area contributed by atoms with Crippen LogP contribution in [-0.4, -0.2) is 34.6 Å². The summed E-state index contributed by atoms with van der Waals surface area (Å²) in [6.07, 6.45) is -1.27. The Morgan fingerprint density at radius 2 is 1.56 bits per heavy atom. The standard InChI is InChI=1S/C24H21Cl2NO6.Na/c1-23(2,3)27-21(30)16-17(22(31)32)24(19(28)12-6-4-5-7-13(12)20(24)29)33-18(16)11-8-9-14(25)15(26)10-11;/h4-10,16-18H,1-3H3,(H,27,30)(H,31,32);/q;+1/p-1/t16-,17-,18-;/m0./s1. The van der Waals surface area contributed by atoms with E-state index in [1.54, 1.807) is 32.9 Å². The van der Waals surface area contributed by atoms with Crippen LogP contribution >= 0.6 is 23.2 Å². The molecule has 2 aliphatic rings. The number of hydrogen-bond donors (Lipinski definition) is 1. The number of ketones is 2. The summed E-state index contributed by atoms with van der Waals surface area (Å²) in [6.45, 7) is 5.17. The van der Waals surface area contributed by atoms with E-state index in [0.29, 0.717) is 5.56 Å². The zero-order chi connectivity index (χ0) is 24.3. The Labute approximate surface area is 228 Å². The van der Waals surface area contributed by atoms with Gasteiger partial charge in [0.05, 0.1) is 28.0 Å². The molecule has 1 aliphatic carbocycles. The van der Waals surface area contributed by atoms with E-state index in [1.807, 2.05) is 0 Å². The second-order valence-corrected chi connectivity index (χ2v) is 10.0. The summed E-state index contributed by atoms with van der Waals surface area (Å²) in [5.74, 6) is -7.37. The van der Waals surface area contributed by atoms with E-state index in [4.69, 9.17) is 27.9 Å². The molecule has 172 valence electrons. The van der Waals surface area contributed by atoms with Crippen molar-refractivity contribution in [2.24, 2.45) is 11.8 Å². The molecule has 1 saturated heterocycles. The fourth-order valence-corrected chi connectivity index (χ4v) is 4.87. The Bertz CT molecular complexity index is 1170. The van der Waals surface area contributed by atoms with Crippen molar-refractivity contribution >= 4 is 46.6 Å². The van der Waals surface area contributed by atoms with Gasteiger partial charge in [-0.15, -0.1) is 0 Å². The molecule has 0 radical (unpaired) electrons. The summed E-state index contributed by atoms with van der Waals surface area (Å²) in [5.41, 5.74) is -2.77. The van der Waals surface area contributed by atoms with Crippen LogP contribution in [0, 0.1) is 11.8 Å². The van der Waals surface area contributed by atoms with Gasteiger partial charge in [0.2, 0.25) is 23.1 Å². The zero-order valence-electron chi connectivity index (χ0n) is 19.0. The smallest absolute Gasteiger partial charge is 0.550 e. The third-order valence-electron chi connectivity index (χ3n) is 5.85. The van der Waals surface area contributed by atoms with E-state index in [-0.39, 0.29) is 50.7 Å². The normalized spacial score (nSPS) is 22.9. The molecular weight excluding hydrogens is 492 g/mol. The number of carboxylic acids is 1.